The van der Waals surface area contributed by atoms with Crippen LogP contribution in [-0.4, -0.2) is 24.3 Å². The van der Waals surface area contributed by atoms with E-state index in [0.29, 0.717) is 21.8 Å². The molecule has 33 heavy (non-hydrogen) atoms. The minimum absolute atomic E-state index is 0.169. The number of halogens is 1. The number of rotatable bonds is 5. The van der Waals surface area contributed by atoms with Crippen LogP contribution in [0, 0.1) is 0 Å². The van der Waals surface area contributed by atoms with E-state index in [0.717, 1.165) is 29.0 Å². The van der Waals surface area contributed by atoms with Crippen LogP contribution in [0.4, 0.5) is 5.69 Å². The van der Waals surface area contributed by atoms with Crippen molar-refractivity contribution in [3.63, 3.8) is 0 Å². The number of methoxy groups -OCH3 is 1. The first-order valence-corrected chi connectivity index (χ1v) is 11.0. The lowest BCUT2D eigenvalue weighted by Gasteiger charge is -2.35. The Labute approximate surface area is 198 Å². The first-order valence-electron chi connectivity index (χ1n) is 10.6. The highest BCUT2D eigenvalue weighted by Gasteiger charge is 2.28. The SMILES string of the molecule is COc1ccc2c(c1)/C(=C/C(=O)c1cccc(NC(=O)c3ccccc3Cl)c1)NC(C)(C)C2. The summed E-state index contributed by atoms with van der Waals surface area (Å²) in [5.41, 5.74) is 4.01. The molecule has 0 aromatic heterocycles. The zero-order valence-corrected chi connectivity index (χ0v) is 19.5. The second-order valence-electron chi connectivity index (χ2n) is 8.65. The summed E-state index contributed by atoms with van der Waals surface area (Å²) in [6.07, 6.45) is 2.44. The molecule has 3 aromatic carbocycles. The van der Waals surface area contributed by atoms with Gasteiger partial charge in [0.05, 0.1) is 17.7 Å². The van der Waals surface area contributed by atoms with E-state index in [9.17, 15) is 9.59 Å². The van der Waals surface area contributed by atoms with Gasteiger partial charge in [0.15, 0.2) is 5.78 Å². The van der Waals surface area contributed by atoms with Gasteiger partial charge in [-0.25, -0.2) is 0 Å². The summed E-state index contributed by atoms with van der Waals surface area (Å²) in [5.74, 6) is 0.232. The van der Waals surface area contributed by atoms with Crippen LogP contribution in [0.5, 0.6) is 5.75 Å². The number of hydrogen-bond acceptors (Lipinski definition) is 4. The summed E-state index contributed by atoms with van der Waals surface area (Å²) < 4.78 is 5.38. The topological polar surface area (TPSA) is 67.4 Å². The normalized spacial score (nSPS) is 15.3. The van der Waals surface area contributed by atoms with Crippen LogP contribution in [0.3, 0.4) is 0 Å². The molecule has 1 heterocycles. The van der Waals surface area contributed by atoms with Crippen molar-refractivity contribution in [3.05, 3.63) is 100 Å². The molecule has 0 atom stereocenters. The predicted octanol–water partition coefficient (Wildman–Crippen LogP) is 5.75. The number of nitrogens with one attached hydrogen (secondary N) is 2. The third-order valence-electron chi connectivity index (χ3n) is 5.51. The van der Waals surface area contributed by atoms with Crippen molar-refractivity contribution in [1.29, 1.82) is 0 Å². The number of allylic oxidation sites excluding steroid dienone is 1. The fourth-order valence-electron chi connectivity index (χ4n) is 3.96. The van der Waals surface area contributed by atoms with E-state index in [2.05, 4.69) is 24.5 Å². The first-order chi connectivity index (χ1) is 15.8. The van der Waals surface area contributed by atoms with Crippen molar-refractivity contribution in [3.8, 4) is 5.75 Å². The van der Waals surface area contributed by atoms with E-state index in [-0.39, 0.29) is 17.2 Å². The maximum absolute atomic E-state index is 13.2. The second kappa shape index (κ2) is 9.12. The number of carbonyl (C=O) groups is 2. The van der Waals surface area contributed by atoms with Gasteiger partial charge in [0, 0.05) is 34.1 Å². The number of benzene rings is 3. The van der Waals surface area contributed by atoms with E-state index in [4.69, 9.17) is 16.3 Å². The molecule has 0 aliphatic carbocycles. The standard InChI is InChI=1S/C27H25ClN2O3/c1-27(2)16-18-11-12-20(33-3)14-22(18)24(30-27)15-25(31)17-7-6-8-19(13-17)29-26(32)21-9-4-5-10-23(21)28/h4-15,30H,16H2,1-3H3,(H,29,32)/b24-15-. The van der Waals surface area contributed by atoms with E-state index < -0.39 is 0 Å². The largest absolute Gasteiger partial charge is 0.497 e. The zero-order chi connectivity index (χ0) is 23.6. The fourth-order valence-corrected chi connectivity index (χ4v) is 4.18. The van der Waals surface area contributed by atoms with E-state index in [1.807, 2.05) is 18.2 Å². The molecular weight excluding hydrogens is 436 g/mol. The number of anilines is 1. The molecule has 3 aromatic rings. The van der Waals surface area contributed by atoms with Gasteiger partial charge in [-0.15, -0.1) is 0 Å². The van der Waals surface area contributed by atoms with E-state index in [1.54, 1.807) is 61.7 Å². The van der Waals surface area contributed by atoms with Crippen molar-refractivity contribution < 1.29 is 14.3 Å². The van der Waals surface area contributed by atoms with Crippen LogP contribution in [0.25, 0.3) is 5.70 Å². The summed E-state index contributed by atoms with van der Waals surface area (Å²) >= 11 is 6.12. The van der Waals surface area contributed by atoms with Crippen LogP contribution in [0.1, 0.15) is 45.7 Å². The molecule has 168 valence electrons. The number of ketones is 1. The smallest absolute Gasteiger partial charge is 0.257 e. The minimum atomic E-state index is -0.333. The van der Waals surface area contributed by atoms with E-state index in [1.165, 1.54) is 0 Å². The molecule has 0 saturated heterocycles. The zero-order valence-electron chi connectivity index (χ0n) is 18.7. The van der Waals surface area contributed by atoms with Gasteiger partial charge in [-0.2, -0.15) is 0 Å². The molecule has 0 saturated carbocycles. The average Bonchev–Trinajstić information content (AvgIpc) is 2.78. The Bertz CT molecular complexity index is 1260. The van der Waals surface area contributed by atoms with Gasteiger partial charge in [-0.1, -0.05) is 41.9 Å². The number of carbonyl (C=O) groups excluding carboxylic acids is 2. The van der Waals surface area contributed by atoms with Gasteiger partial charge in [0.1, 0.15) is 5.75 Å². The van der Waals surface area contributed by atoms with Crippen LogP contribution < -0.4 is 15.4 Å². The Morgan fingerprint density at radius 2 is 1.85 bits per heavy atom. The summed E-state index contributed by atoms with van der Waals surface area (Å²) in [4.78, 5) is 25.8. The van der Waals surface area contributed by atoms with Gasteiger partial charge in [-0.05, 0) is 62.2 Å². The summed E-state index contributed by atoms with van der Waals surface area (Å²) in [7, 11) is 1.62. The lowest BCUT2D eigenvalue weighted by molar-refractivity contribution is 0.102. The molecule has 0 bridgehead atoms. The van der Waals surface area contributed by atoms with Gasteiger partial charge < -0.3 is 15.4 Å². The molecule has 6 heteroatoms. The van der Waals surface area contributed by atoms with E-state index >= 15 is 0 Å². The molecule has 0 radical (unpaired) electrons. The molecular formula is C27H25ClN2O3. The minimum Gasteiger partial charge on any atom is -0.497 e. The predicted molar refractivity (Wildman–Crippen MR) is 132 cm³/mol. The second-order valence-corrected chi connectivity index (χ2v) is 9.05. The average molecular weight is 461 g/mol. The van der Waals surface area contributed by atoms with Crippen LogP contribution in [-0.2, 0) is 6.42 Å². The summed E-state index contributed by atoms with van der Waals surface area (Å²) in [6, 6.07) is 19.6. The Morgan fingerprint density at radius 1 is 1.06 bits per heavy atom. The molecule has 1 aliphatic heterocycles. The molecule has 4 rings (SSSR count). The fraction of sp³-hybridized carbons (Fsp3) is 0.185. The van der Waals surface area contributed by atoms with Crippen molar-refractivity contribution >= 4 is 34.7 Å². The monoisotopic (exact) mass is 460 g/mol. The van der Waals surface area contributed by atoms with Crippen LogP contribution >= 0.6 is 11.6 Å². The quantitative estimate of drug-likeness (QED) is 0.376. The highest BCUT2D eigenvalue weighted by Crippen LogP contribution is 2.32. The van der Waals surface area contributed by atoms with Crippen molar-refractivity contribution in [2.24, 2.45) is 0 Å². The Balaban J connectivity index is 1.62. The Morgan fingerprint density at radius 3 is 2.61 bits per heavy atom. The van der Waals surface area contributed by atoms with Crippen molar-refractivity contribution in [2.75, 3.05) is 12.4 Å². The Kier molecular flexibility index (Phi) is 6.25. The highest BCUT2D eigenvalue weighted by atomic mass is 35.5. The maximum atomic E-state index is 13.2. The third kappa shape index (κ3) is 5.10. The number of hydrogen-bond donors (Lipinski definition) is 2. The summed E-state index contributed by atoms with van der Waals surface area (Å²) in [6.45, 7) is 4.20. The molecule has 0 spiro atoms. The first kappa shape index (κ1) is 22.6. The van der Waals surface area contributed by atoms with Gasteiger partial charge in [0.2, 0.25) is 0 Å². The number of fused-ring (bicyclic) bond motifs is 1. The van der Waals surface area contributed by atoms with Gasteiger partial charge in [-0.3, -0.25) is 9.59 Å². The molecule has 0 fully saturated rings. The molecule has 0 unspecified atom stereocenters. The third-order valence-corrected chi connectivity index (χ3v) is 5.84. The summed E-state index contributed by atoms with van der Waals surface area (Å²) in [5, 5.41) is 6.66. The lowest BCUT2D eigenvalue weighted by Crippen LogP contribution is -2.43. The molecule has 1 aliphatic rings. The lowest BCUT2D eigenvalue weighted by atomic mass is 9.85. The molecule has 5 nitrogen and oxygen atoms in total. The van der Waals surface area contributed by atoms with Crippen LogP contribution in [0.2, 0.25) is 5.02 Å². The van der Waals surface area contributed by atoms with Crippen molar-refractivity contribution in [1.82, 2.24) is 5.32 Å². The molecule has 2 N–H and O–H groups in total. The van der Waals surface area contributed by atoms with Gasteiger partial charge in [0.25, 0.3) is 5.91 Å². The number of amides is 1. The van der Waals surface area contributed by atoms with Crippen molar-refractivity contribution in [2.45, 2.75) is 25.8 Å². The van der Waals surface area contributed by atoms with Gasteiger partial charge >= 0.3 is 0 Å². The molecule has 1 amide bonds. The highest BCUT2D eigenvalue weighted by molar-refractivity contribution is 6.34. The Hall–Kier alpha value is -3.57. The van der Waals surface area contributed by atoms with Crippen LogP contribution in [0.15, 0.2) is 72.8 Å². The maximum Gasteiger partial charge on any atom is 0.257 e. The number of ether oxygens (including phenoxy) is 1.